The second kappa shape index (κ2) is 4.77. The monoisotopic (exact) mass is 246 g/mol. The van der Waals surface area contributed by atoms with Crippen LogP contribution in [0.5, 0.6) is 0 Å². The van der Waals surface area contributed by atoms with Gasteiger partial charge >= 0.3 is 0 Å². The molecular formula is C9H15BrN2O. The van der Waals surface area contributed by atoms with E-state index >= 15 is 0 Å². The molecule has 1 aromatic heterocycles. The smallest absolute Gasteiger partial charge is 0.0896 e. The Balaban J connectivity index is 2.44. The van der Waals surface area contributed by atoms with Crippen molar-refractivity contribution in [3.63, 3.8) is 0 Å². The molecular weight excluding hydrogens is 232 g/mol. The number of hydrogen-bond acceptors (Lipinski definition) is 2. The lowest BCUT2D eigenvalue weighted by Gasteiger charge is -2.07. The molecule has 0 spiro atoms. The van der Waals surface area contributed by atoms with E-state index in [4.69, 9.17) is 4.74 Å². The van der Waals surface area contributed by atoms with E-state index in [1.54, 1.807) is 6.20 Å². The SMILES string of the molecule is CC(C)COCc1c(Br)cnn1C. The van der Waals surface area contributed by atoms with Crippen LogP contribution >= 0.6 is 15.9 Å². The van der Waals surface area contributed by atoms with Crippen LogP contribution in [0.15, 0.2) is 10.7 Å². The van der Waals surface area contributed by atoms with Gasteiger partial charge in [0.2, 0.25) is 0 Å². The summed E-state index contributed by atoms with van der Waals surface area (Å²) in [7, 11) is 1.92. The van der Waals surface area contributed by atoms with Gasteiger partial charge in [-0.25, -0.2) is 0 Å². The molecule has 0 fully saturated rings. The Morgan fingerprint density at radius 1 is 1.62 bits per heavy atom. The van der Waals surface area contributed by atoms with Crippen LogP contribution < -0.4 is 0 Å². The summed E-state index contributed by atoms with van der Waals surface area (Å²) < 4.78 is 8.35. The van der Waals surface area contributed by atoms with Crippen LogP contribution in [0.4, 0.5) is 0 Å². The Hall–Kier alpha value is -0.350. The molecule has 0 saturated heterocycles. The van der Waals surface area contributed by atoms with Crippen molar-refractivity contribution in [1.29, 1.82) is 0 Å². The molecule has 0 atom stereocenters. The van der Waals surface area contributed by atoms with Crippen molar-refractivity contribution < 1.29 is 4.74 Å². The van der Waals surface area contributed by atoms with Crippen molar-refractivity contribution >= 4 is 15.9 Å². The third-order valence-electron chi connectivity index (χ3n) is 1.70. The van der Waals surface area contributed by atoms with Gasteiger partial charge in [-0.15, -0.1) is 0 Å². The number of halogens is 1. The van der Waals surface area contributed by atoms with Gasteiger partial charge in [0.15, 0.2) is 0 Å². The van der Waals surface area contributed by atoms with E-state index < -0.39 is 0 Å². The minimum Gasteiger partial charge on any atom is -0.375 e. The predicted molar refractivity (Wildman–Crippen MR) is 55.4 cm³/mol. The van der Waals surface area contributed by atoms with Crippen molar-refractivity contribution in [3.05, 3.63) is 16.4 Å². The van der Waals surface area contributed by atoms with Crippen LogP contribution in [0.3, 0.4) is 0 Å². The van der Waals surface area contributed by atoms with E-state index in [1.807, 2.05) is 11.7 Å². The highest BCUT2D eigenvalue weighted by atomic mass is 79.9. The zero-order chi connectivity index (χ0) is 9.84. The number of ether oxygens (including phenoxy) is 1. The first-order valence-electron chi connectivity index (χ1n) is 4.35. The lowest BCUT2D eigenvalue weighted by atomic mass is 10.2. The van der Waals surface area contributed by atoms with E-state index in [-0.39, 0.29) is 0 Å². The molecule has 1 aromatic rings. The largest absolute Gasteiger partial charge is 0.375 e. The number of aryl methyl sites for hydroxylation is 1. The van der Waals surface area contributed by atoms with Crippen molar-refractivity contribution in [2.24, 2.45) is 13.0 Å². The molecule has 74 valence electrons. The van der Waals surface area contributed by atoms with Crippen molar-refractivity contribution in [3.8, 4) is 0 Å². The van der Waals surface area contributed by atoms with E-state index in [2.05, 4.69) is 34.9 Å². The second-order valence-corrected chi connectivity index (χ2v) is 4.33. The molecule has 1 heterocycles. The highest BCUT2D eigenvalue weighted by Gasteiger charge is 2.05. The Bertz CT molecular complexity index is 251. The number of rotatable bonds is 4. The maximum Gasteiger partial charge on any atom is 0.0896 e. The van der Waals surface area contributed by atoms with Crippen molar-refractivity contribution in [2.45, 2.75) is 20.5 Å². The summed E-state index contributed by atoms with van der Waals surface area (Å²) in [5.74, 6) is 0.576. The average Bonchev–Trinajstić information content (AvgIpc) is 2.34. The number of aromatic nitrogens is 2. The summed E-state index contributed by atoms with van der Waals surface area (Å²) >= 11 is 3.42. The molecule has 3 nitrogen and oxygen atoms in total. The van der Waals surface area contributed by atoms with Gasteiger partial charge in [0, 0.05) is 13.7 Å². The molecule has 13 heavy (non-hydrogen) atoms. The fourth-order valence-electron chi connectivity index (χ4n) is 0.990. The molecule has 0 aliphatic rings. The third-order valence-corrected chi connectivity index (χ3v) is 2.36. The van der Waals surface area contributed by atoms with Gasteiger partial charge in [-0.2, -0.15) is 5.10 Å². The van der Waals surface area contributed by atoms with E-state index in [1.165, 1.54) is 0 Å². The lowest BCUT2D eigenvalue weighted by molar-refractivity contribution is 0.0922. The molecule has 0 saturated carbocycles. The maximum absolute atomic E-state index is 5.51. The summed E-state index contributed by atoms with van der Waals surface area (Å²) in [6.07, 6.45) is 1.79. The highest BCUT2D eigenvalue weighted by molar-refractivity contribution is 9.10. The summed E-state index contributed by atoms with van der Waals surface area (Å²) in [5.41, 5.74) is 1.08. The Labute approximate surface area is 87.2 Å². The Morgan fingerprint density at radius 2 is 2.31 bits per heavy atom. The first kappa shape index (κ1) is 10.7. The van der Waals surface area contributed by atoms with Crippen molar-refractivity contribution in [1.82, 2.24) is 9.78 Å². The molecule has 0 bridgehead atoms. The first-order valence-corrected chi connectivity index (χ1v) is 5.14. The molecule has 0 radical (unpaired) electrons. The van der Waals surface area contributed by atoms with Crippen LogP contribution in [-0.2, 0) is 18.4 Å². The molecule has 4 heteroatoms. The number of hydrogen-bond donors (Lipinski definition) is 0. The van der Waals surface area contributed by atoms with Crippen LogP contribution in [0, 0.1) is 5.92 Å². The molecule has 0 unspecified atom stereocenters. The Kier molecular flexibility index (Phi) is 3.93. The van der Waals surface area contributed by atoms with Gasteiger partial charge in [0.1, 0.15) is 0 Å². The summed E-state index contributed by atoms with van der Waals surface area (Å²) in [6, 6.07) is 0. The molecule has 0 aromatic carbocycles. The average molecular weight is 247 g/mol. The summed E-state index contributed by atoms with van der Waals surface area (Å²) in [4.78, 5) is 0. The molecule has 0 aliphatic carbocycles. The normalized spacial score (nSPS) is 11.2. The highest BCUT2D eigenvalue weighted by Crippen LogP contribution is 2.15. The van der Waals surface area contributed by atoms with E-state index in [0.717, 1.165) is 16.8 Å². The summed E-state index contributed by atoms with van der Waals surface area (Å²) in [5, 5.41) is 4.10. The fourth-order valence-corrected chi connectivity index (χ4v) is 1.45. The second-order valence-electron chi connectivity index (χ2n) is 3.47. The van der Waals surface area contributed by atoms with Gasteiger partial charge in [0.05, 0.1) is 23.0 Å². The standard InChI is InChI=1S/C9H15BrN2O/c1-7(2)5-13-6-9-8(10)4-11-12(9)3/h4,7H,5-6H2,1-3H3. The molecule has 0 amide bonds. The van der Waals surface area contributed by atoms with Crippen LogP contribution in [0.25, 0.3) is 0 Å². The maximum atomic E-state index is 5.51. The van der Waals surface area contributed by atoms with E-state index in [9.17, 15) is 0 Å². The van der Waals surface area contributed by atoms with Crippen LogP contribution in [0.2, 0.25) is 0 Å². The van der Waals surface area contributed by atoms with Gasteiger partial charge in [-0.05, 0) is 21.8 Å². The minimum atomic E-state index is 0.576. The topological polar surface area (TPSA) is 27.1 Å². The molecule has 0 N–H and O–H groups in total. The van der Waals surface area contributed by atoms with Crippen LogP contribution in [0.1, 0.15) is 19.5 Å². The lowest BCUT2D eigenvalue weighted by Crippen LogP contribution is -2.05. The predicted octanol–water partition coefficient (Wildman–Crippen LogP) is 2.36. The fraction of sp³-hybridized carbons (Fsp3) is 0.667. The summed E-state index contributed by atoms with van der Waals surface area (Å²) in [6.45, 7) is 5.68. The first-order chi connectivity index (χ1) is 6.11. The van der Waals surface area contributed by atoms with Crippen molar-refractivity contribution in [2.75, 3.05) is 6.61 Å². The van der Waals surface area contributed by atoms with Crippen LogP contribution in [-0.4, -0.2) is 16.4 Å². The van der Waals surface area contributed by atoms with Gasteiger partial charge in [-0.3, -0.25) is 4.68 Å². The molecule has 0 aliphatic heterocycles. The van der Waals surface area contributed by atoms with Gasteiger partial charge < -0.3 is 4.74 Å². The van der Waals surface area contributed by atoms with Gasteiger partial charge in [0.25, 0.3) is 0 Å². The quantitative estimate of drug-likeness (QED) is 0.816. The number of nitrogens with zero attached hydrogens (tertiary/aromatic N) is 2. The van der Waals surface area contributed by atoms with Gasteiger partial charge in [-0.1, -0.05) is 13.8 Å². The minimum absolute atomic E-state index is 0.576. The third kappa shape index (κ3) is 3.12. The zero-order valence-corrected chi connectivity index (χ0v) is 9.84. The van der Waals surface area contributed by atoms with E-state index in [0.29, 0.717) is 12.5 Å². The Morgan fingerprint density at radius 3 is 2.77 bits per heavy atom. The molecule has 1 rings (SSSR count). The zero-order valence-electron chi connectivity index (χ0n) is 8.25.